The molecule has 8 heteroatoms. The summed E-state index contributed by atoms with van der Waals surface area (Å²) in [6.45, 7) is 3.13. The summed E-state index contributed by atoms with van der Waals surface area (Å²) < 4.78 is 6.07. The van der Waals surface area contributed by atoms with Crippen LogP contribution >= 0.6 is 11.3 Å². The van der Waals surface area contributed by atoms with Crippen molar-refractivity contribution in [1.29, 1.82) is 0 Å². The van der Waals surface area contributed by atoms with Crippen molar-refractivity contribution in [3.63, 3.8) is 0 Å². The zero-order chi connectivity index (χ0) is 28.0. The molecule has 1 aromatic carbocycles. The molecule has 214 valence electrons. The van der Waals surface area contributed by atoms with Gasteiger partial charge in [-0.05, 0) is 97.9 Å². The van der Waals surface area contributed by atoms with Crippen molar-refractivity contribution in [2.24, 2.45) is 17.8 Å². The van der Waals surface area contributed by atoms with Gasteiger partial charge in [-0.1, -0.05) is 12.1 Å². The molecular weight excluding hydrogens is 532 g/mol. The van der Waals surface area contributed by atoms with Crippen LogP contribution in [0.5, 0.6) is 5.75 Å². The van der Waals surface area contributed by atoms with Gasteiger partial charge in [-0.2, -0.15) is 0 Å². The topological polar surface area (TPSA) is 75.6 Å². The lowest BCUT2D eigenvalue weighted by Gasteiger charge is -2.57. The van der Waals surface area contributed by atoms with E-state index in [2.05, 4.69) is 29.2 Å². The standard InChI is InChI=1S/C33H38N4O3S/c1-22(38)36-11-8-30(32-35-29(21-41-32)26-6-9-34-10-7-26)37(13-12-36)31(39)20-40-28-4-2-27(3-5-28)33-17-23-14-24(18-33)16-25(15-23)19-33/h2-7,9-10,21,23-25,30H,8,11-20H2,1H3. The predicted molar refractivity (Wildman–Crippen MR) is 158 cm³/mol. The average molecular weight is 571 g/mol. The van der Waals surface area contributed by atoms with Gasteiger partial charge in [0.05, 0.1) is 11.7 Å². The average Bonchev–Trinajstić information content (AvgIpc) is 3.35. The molecule has 3 heterocycles. The number of benzene rings is 1. The predicted octanol–water partition coefficient (Wildman–Crippen LogP) is 5.87. The molecule has 5 fully saturated rings. The largest absolute Gasteiger partial charge is 0.484 e. The smallest absolute Gasteiger partial charge is 0.261 e. The maximum atomic E-state index is 13.6. The summed E-state index contributed by atoms with van der Waals surface area (Å²) in [7, 11) is 0. The summed E-state index contributed by atoms with van der Waals surface area (Å²) in [5.41, 5.74) is 3.69. The first-order valence-electron chi connectivity index (χ1n) is 15.1. The van der Waals surface area contributed by atoms with Gasteiger partial charge in [0.15, 0.2) is 6.61 Å². The second-order valence-corrected chi connectivity index (χ2v) is 13.6. The summed E-state index contributed by atoms with van der Waals surface area (Å²) in [6, 6.07) is 12.3. The van der Waals surface area contributed by atoms with Gasteiger partial charge in [-0.3, -0.25) is 14.6 Å². The molecule has 7 nitrogen and oxygen atoms in total. The van der Waals surface area contributed by atoms with Crippen molar-refractivity contribution < 1.29 is 14.3 Å². The molecule has 0 spiro atoms. The minimum atomic E-state index is -0.200. The van der Waals surface area contributed by atoms with Crippen LogP contribution in [0.3, 0.4) is 0 Å². The number of thiazole rings is 1. The Kier molecular flexibility index (Phi) is 7.05. The van der Waals surface area contributed by atoms with E-state index in [-0.39, 0.29) is 24.5 Å². The Morgan fingerprint density at radius 3 is 2.29 bits per heavy atom. The first-order valence-corrected chi connectivity index (χ1v) is 16.0. The van der Waals surface area contributed by atoms with Crippen LogP contribution in [0.15, 0.2) is 54.2 Å². The molecular formula is C33H38N4O3S. The molecule has 1 atom stereocenters. The van der Waals surface area contributed by atoms with Gasteiger partial charge >= 0.3 is 0 Å². The van der Waals surface area contributed by atoms with Gasteiger partial charge in [-0.15, -0.1) is 11.3 Å². The van der Waals surface area contributed by atoms with E-state index in [0.717, 1.165) is 39.8 Å². The van der Waals surface area contributed by atoms with Crippen LogP contribution < -0.4 is 4.74 Å². The van der Waals surface area contributed by atoms with Gasteiger partial charge in [0.2, 0.25) is 5.91 Å². The Balaban J connectivity index is 1.05. The fourth-order valence-electron chi connectivity index (χ4n) is 8.49. The Morgan fingerprint density at radius 2 is 1.63 bits per heavy atom. The van der Waals surface area contributed by atoms with Crippen molar-refractivity contribution in [3.05, 3.63) is 64.7 Å². The molecule has 1 unspecified atom stereocenters. The molecule has 3 aromatic rings. The molecule has 8 rings (SSSR count). The highest BCUT2D eigenvalue weighted by Gasteiger charge is 2.51. The highest BCUT2D eigenvalue weighted by Crippen LogP contribution is 2.60. The van der Waals surface area contributed by atoms with E-state index in [1.807, 2.05) is 27.3 Å². The first-order chi connectivity index (χ1) is 20.0. The SMILES string of the molecule is CC(=O)N1CCC(c2nc(-c3ccncc3)cs2)N(C(=O)COc2ccc(C34CC5CC(CC(C5)C3)C4)cc2)CC1. The molecule has 5 aliphatic rings. The van der Waals surface area contributed by atoms with E-state index in [1.165, 1.54) is 44.1 Å². The molecule has 2 aromatic heterocycles. The maximum absolute atomic E-state index is 13.6. The Morgan fingerprint density at radius 1 is 0.951 bits per heavy atom. The number of hydrogen-bond donors (Lipinski definition) is 0. The number of pyridine rings is 1. The van der Waals surface area contributed by atoms with Crippen LogP contribution in [0.1, 0.15) is 68.5 Å². The lowest BCUT2D eigenvalue weighted by molar-refractivity contribution is -0.136. The van der Waals surface area contributed by atoms with Crippen LogP contribution in [0.2, 0.25) is 0 Å². The minimum Gasteiger partial charge on any atom is -0.484 e. The van der Waals surface area contributed by atoms with E-state index < -0.39 is 0 Å². The highest BCUT2D eigenvalue weighted by atomic mass is 32.1. The van der Waals surface area contributed by atoms with Gasteiger partial charge in [-0.25, -0.2) is 4.98 Å². The van der Waals surface area contributed by atoms with Crippen LogP contribution in [-0.4, -0.2) is 57.8 Å². The Hall–Kier alpha value is -3.26. The normalized spacial score (nSPS) is 28.9. The second kappa shape index (κ2) is 10.9. The Labute approximate surface area is 245 Å². The van der Waals surface area contributed by atoms with Crippen LogP contribution in [0.4, 0.5) is 0 Å². The fourth-order valence-corrected chi connectivity index (χ4v) is 9.47. The van der Waals surface area contributed by atoms with E-state index in [4.69, 9.17) is 9.72 Å². The number of amides is 2. The molecule has 4 bridgehead atoms. The molecule has 1 saturated heterocycles. The number of carbonyl (C=O) groups excluding carboxylic acids is 2. The van der Waals surface area contributed by atoms with Crippen LogP contribution in [0.25, 0.3) is 11.3 Å². The molecule has 0 N–H and O–H groups in total. The fraction of sp³-hybridized carbons (Fsp3) is 0.515. The number of ether oxygens (including phenoxy) is 1. The zero-order valence-corrected chi connectivity index (χ0v) is 24.5. The number of hydrogen-bond acceptors (Lipinski definition) is 6. The molecule has 4 saturated carbocycles. The van der Waals surface area contributed by atoms with E-state index in [1.54, 1.807) is 30.7 Å². The molecule has 0 radical (unpaired) electrons. The lowest BCUT2D eigenvalue weighted by atomic mass is 9.48. The summed E-state index contributed by atoms with van der Waals surface area (Å²) >= 11 is 1.56. The van der Waals surface area contributed by atoms with Crippen LogP contribution in [0, 0.1) is 17.8 Å². The van der Waals surface area contributed by atoms with Gasteiger partial charge in [0.25, 0.3) is 5.91 Å². The molecule has 4 aliphatic carbocycles. The quantitative estimate of drug-likeness (QED) is 0.370. The summed E-state index contributed by atoms with van der Waals surface area (Å²) in [6.07, 6.45) is 12.5. The van der Waals surface area contributed by atoms with Crippen molar-refractivity contribution in [1.82, 2.24) is 19.8 Å². The number of aromatic nitrogens is 2. The second-order valence-electron chi connectivity index (χ2n) is 12.7. The summed E-state index contributed by atoms with van der Waals surface area (Å²) in [5.74, 6) is 3.42. The van der Waals surface area contributed by atoms with Crippen molar-refractivity contribution in [2.45, 2.75) is 63.3 Å². The summed E-state index contributed by atoms with van der Waals surface area (Å²) in [5, 5.41) is 2.92. The Bertz CT molecular complexity index is 1370. The molecule has 41 heavy (non-hydrogen) atoms. The highest BCUT2D eigenvalue weighted by molar-refractivity contribution is 7.10. The van der Waals surface area contributed by atoms with Crippen LogP contribution in [-0.2, 0) is 15.0 Å². The van der Waals surface area contributed by atoms with E-state index in [9.17, 15) is 9.59 Å². The van der Waals surface area contributed by atoms with Gasteiger partial charge < -0.3 is 14.5 Å². The third kappa shape index (κ3) is 5.27. The van der Waals surface area contributed by atoms with Gasteiger partial charge in [0, 0.05) is 49.9 Å². The minimum absolute atomic E-state index is 0.0319. The number of nitrogens with zero attached hydrogens (tertiary/aromatic N) is 4. The third-order valence-corrected chi connectivity index (χ3v) is 11.0. The summed E-state index contributed by atoms with van der Waals surface area (Å²) in [4.78, 5) is 38.5. The van der Waals surface area contributed by atoms with E-state index >= 15 is 0 Å². The zero-order valence-electron chi connectivity index (χ0n) is 23.7. The number of rotatable bonds is 6. The van der Waals surface area contributed by atoms with Crippen molar-refractivity contribution >= 4 is 23.2 Å². The van der Waals surface area contributed by atoms with E-state index in [0.29, 0.717) is 31.5 Å². The third-order valence-electron chi connectivity index (χ3n) is 10.1. The maximum Gasteiger partial charge on any atom is 0.261 e. The monoisotopic (exact) mass is 570 g/mol. The van der Waals surface area contributed by atoms with Crippen molar-refractivity contribution in [3.8, 4) is 17.0 Å². The van der Waals surface area contributed by atoms with Gasteiger partial charge in [0.1, 0.15) is 10.8 Å². The first kappa shape index (κ1) is 26.6. The van der Waals surface area contributed by atoms with Crippen molar-refractivity contribution in [2.75, 3.05) is 26.2 Å². The number of carbonyl (C=O) groups is 2. The molecule has 1 aliphatic heterocycles. The molecule has 2 amide bonds. The lowest BCUT2D eigenvalue weighted by Crippen LogP contribution is -2.48.